The molecule has 0 aromatic heterocycles. The molecule has 0 atom stereocenters. The van der Waals surface area contributed by atoms with E-state index in [0.29, 0.717) is 36.0 Å². The van der Waals surface area contributed by atoms with E-state index in [4.69, 9.17) is 14.2 Å². The number of morpholine rings is 1. The first-order valence-corrected chi connectivity index (χ1v) is 10.4. The van der Waals surface area contributed by atoms with Crippen molar-refractivity contribution in [2.45, 2.75) is 0 Å². The van der Waals surface area contributed by atoms with Crippen molar-refractivity contribution < 1.29 is 23.8 Å². The molecule has 7 heteroatoms. The summed E-state index contributed by atoms with van der Waals surface area (Å²) in [6.45, 7) is 2.76. The lowest BCUT2D eigenvalue weighted by atomic mass is 10.2. The maximum Gasteiger partial charge on any atom is 0.338 e. The van der Waals surface area contributed by atoms with Gasteiger partial charge in [0.15, 0.2) is 6.61 Å². The molecule has 1 aliphatic heterocycles. The van der Waals surface area contributed by atoms with Crippen LogP contribution in [0.3, 0.4) is 0 Å². The summed E-state index contributed by atoms with van der Waals surface area (Å²) in [4.78, 5) is 26.6. The van der Waals surface area contributed by atoms with Crippen molar-refractivity contribution in [1.29, 1.82) is 0 Å². The molecule has 0 unspecified atom stereocenters. The number of amides is 1. The second kappa shape index (κ2) is 10.5. The Morgan fingerprint density at radius 3 is 2.19 bits per heavy atom. The number of carbonyl (C=O) groups excluding carboxylic acids is 2. The molecule has 1 aliphatic rings. The third-order valence-corrected chi connectivity index (χ3v) is 4.93. The van der Waals surface area contributed by atoms with Gasteiger partial charge in [0.25, 0.3) is 5.91 Å². The van der Waals surface area contributed by atoms with Crippen molar-refractivity contribution >= 4 is 23.3 Å². The van der Waals surface area contributed by atoms with Crippen molar-refractivity contribution in [3.05, 3.63) is 84.4 Å². The standard InChI is InChI=1S/C25H24N2O5/c28-24(26-20-8-10-21(11-9-20)27-14-16-30-17-15-27)18-31-25(29)19-6-12-23(13-7-19)32-22-4-2-1-3-5-22/h1-13H,14-18H2,(H,26,28). The van der Waals surface area contributed by atoms with Gasteiger partial charge in [-0.3, -0.25) is 4.79 Å². The Balaban J connectivity index is 1.24. The molecular formula is C25H24N2O5. The van der Waals surface area contributed by atoms with E-state index in [2.05, 4.69) is 10.2 Å². The first-order chi connectivity index (χ1) is 15.7. The van der Waals surface area contributed by atoms with E-state index in [1.54, 1.807) is 24.3 Å². The summed E-state index contributed by atoms with van der Waals surface area (Å²) in [5, 5.41) is 2.74. The van der Waals surface area contributed by atoms with Crippen LogP contribution in [0.4, 0.5) is 11.4 Å². The molecular weight excluding hydrogens is 408 g/mol. The number of hydrogen-bond acceptors (Lipinski definition) is 6. The summed E-state index contributed by atoms with van der Waals surface area (Å²) in [7, 11) is 0. The fourth-order valence-corrected chi connectivity index (χ4v) is 3.27. The molecule has 1 amide bonds. The number of nitrogens with zero attached hydrogens (tertiary/aromatic N) is 1. The highest BCUT2D eigenvalue weighted by molar-refractivity contribution is 5.95. The first kappa shape index (κ1) is 21.4. The lowest BCUT2D eigenvalue weighted by Crippen LogP contribution is -2.36. The number of rotatable bonds is 7. The van der Waals surface area contributed by atoms with Crippen LogP contribution >= 0.6 is 0 Å². The molecule has 4 rings (SSSR count). The normalized spacial score (nSPS) is 13.3. The molecule has 164 valence electrons. The Kier molecular flexibility index (Phi) is 6.99. The Morgan fingerprint density at radius 1 is 0.844 bits per heavy atom. The van der Waals surface area contributed by atoms with Crippen LogP contribution < -0.4 is 15.0 Å². The lowest BCUT2D eigenvalue weighted by Gasteiger charge is -2.28. The van der Waals surface area contributed by atoms with Gasteiger partial charge in [0, 0.05) is 24.5 Å². The van der Waals surface area contributed by atoms with Crippen molar-refractivity contribution in [1.82, 2.24) is 0 Å². The number of hydrogen-bond donors (Lipinski definition) is 1. The molecule has 32 heavy (non-hydrogen) atoms. The fraction of sp³-hybridized carbons (Fsp3) is 0.200. The zero-order valence-corrected chi connectivity index (χ0v) is 17.5. The smallest absolute Gasteiger partial charge is 0.338 e. The van der Waals surface area contributed by atoms with Crippen molar-refractivity contribution in [3.63, 3.8) is 0 Å². The lowest BCUT2D eigenvalue weighted by molar-refractivity contribution is -0.119. The molecule has 7 nitrogen and oxygen atoms in total. The Bertz CT molecular complexity index is 1030. The largest absolute Gasteiger partial charge is 0.457 e. The minimum absolute atomic E-state index is 0.341. The van der Waals surface area contributed by atoms with Gasteiger partial charge >= 0.3 is 5.97 Å². The SMILES string of the molecule is O=C(COC(=O)c1ccc(Oc2ccccc2)cc1)Nc1ccc(N2CCOCC2)cc1. The molecule has 3 aromatic rings. The Morgan fingerprint density at radius 2 is 1.50 bits per heavy atom. The average molecular weight is 432 g/mol. The Labute approximate surface area is 186 Å². The topological polar surface area (TPSA) is 77.1 Å². The minimum atomic E-state index is -0.575. The minimum Gasteiger partial charge on any atom is -0.457 e. The van der Waals surface area contributed by atoms with Crippen molar-refractivity contribution in [3.8, 4) is 11.5 Å². The van der Waals surface area contributed by atoms with Gasteiger partial charge in [-0.15, -0.1) is 0 Å². The number of nitrogens with one attached hydrogen (secondary N) is 1. The molecule has 0 radical (unpaired) electrons. The first-order valence-electron chi connectivity index (χ1n) is 10.4. The molecule has 1 heterocycles. The number of ether oxygens (including phenoxy) is 3. The molecule has 0 bridgehead atoms. The number of esters is 1. The molecule has 3 aromatic carbocycles. The summed E-state index contributed by atoms with van der Waals surface area (Å²) in [5.74, 6) is 0.332. The second-order valence-corrected chi connectivity index (χ2v) is 7.21. The van der Waals surface area contributed by atoms with E-state index < -0.39 is 11.9 Å². The Hall–Kier alpha value is -3.84. The van der Waals surface area contributed by atoms with Crippen LogP contribution in [0.25, 0.3) is 0 Å². The van der Waals surface area contributed by atoms with Crippen LogP contribution in [0, 0.1) is 0 Å². The van der Waals surface area contributed by atoms with Crippen LogP contribution in [-0.2, 0) is 14.3 Å². The van der Waals surface area contributed by atoms with Gasteiger partial charge in [-0.1, -0.05) is 18.2 Å². The van der Waals surface area contributed by atoms with Crippen LogP contribution in [0.2, 0.25) is 0 Å². The fourth-order valence-electron chi connectivity index (χ4n) is 3.27. The molecule has 1 saturated heterocycles. The van der Waals surface area contributed by atoms with Crippen LogP contribution in [-0.4, -0.2) is 44.8 Å². The molecule has 1 N–H and O–H groups in total. The monoisotopic (exact) mass is 432 g/mol. The molecule has 0 saturated carbocycles. The number of benzene rings is 3. The van der Waals surface area contributed by atoms with E-state index in [1.165, 1.54) is 0 Å². The highest BCUT2D eigenvalue weighted by atomic mass is 16.5. The van der Waals surface area contributed by atoms with E-state index in [-0.39, 0.29) is 6.61 Å². The molecule has 0 aliphatic carbocycles. The highest BCUT2D eigenvalue weighted by Crippen LogP contribution is 2.22. The van der Waals surface area contributed by atoms with Gasteiger partial charge < -0.3 is 24.4 Å². The van der Waals surface area contributed by atoms with E-state index in [1.807, 2.05) is 54.6 Å². The van der Waals surface area contributed by atoms with Gasteiger partial charge in [0.1, 0.15) is 11.5 Å². The van der Waals surface area contributed by atoms with E-state index in [0.717, 1.165) is 18.8 Å². The molecule has 1 fully saturated rings. The maximum absolute atomic E-state index is 12.2. The van der Waals surface area contributed by atoms with Crippen molar-refractivity contribution in [2.24, 2.45) is 0 Å². The van der Waals surface area contributed by atoms with E-state index in [9.17, 15) is 9.59 Å². The predicted octanol–water partition coefficient (Wildman–Crippen LogP) is 4.11. The summed E-state index contributed by atoms with van der Waals surface area (Å²) < 4.78 is 16.2. The zero-order valence-electron chi connectivity index (χ0n) is 17.5. The van der Waals surface area contributed by atoms with Gasteiger partial charge in [0.2, 0.25) is 0 Å². The quantitative estimate of drug-likeness (QED) is 0.566. The second-order valence-electron chi connectivity index (χ2n) is 7.21. The predicted molar refractivity (Wildman–Crippen MR) is 121 cm³/mol. The van der Waals surface area contributed by atoms with Crippen LogP contribution in [0.5, 0.6) is 11.5 Å². The third kappa shape index (κ3) is 5.86. The highest BCUT2D eigenvalue weighted by Gasteiger charge is 2.13. The summed E-state index contributed by atoms with van der Waals surface area (Å²) in [5.41, 5.74) is 2.07. The van der Waals surface area contributed by atoms with Crippen molar-refractivity contribution in [2.75, 3.05) is 43.1 Å². The summed E-state index contributed by atoms with van der Waals surface area (Å²) in [6.07, 6.45) is 0. The maximum atomic E-state index is 12.2. The van der Waals surface area contributed by atoms with Gasteiger partial charge in [-0.25, -0.2) is 4.79 Å². The van der Waals surface area contributed by atoms with E-state index >= 15 is 0 Å². The van der Waals surface area contributed by atoms with Gasteiger partial charge in [-0.05, 0) is 60.7 Å². The number of para-hydroxylation sites is 1. The summed E-state index contributed by atoms with van der Waals surface area (Å²) >= 11 is 0. The summed E-state index contributed by atoms with van der Waals surface area (Å²) in [6, 6.07) is 23.5. The van der Waals surface area contributed by atoms with Gasteiger partial charge in [-0.2, -0.15) is 0 Å². The zero-order chi connectivity index (χ0) is 22.2. The van der Waals surface area contributed by atoms with Crippen LogP contribution in [0.1, 0.15) is 10.4 Å². The number of carbonyl (C=O) groups is 2. The number of anilines is 2. The van der Waals surface area contributed by atoms with Crippen LogP contribution in [0.15, 0.2) is 78.9 Å². The average Bonchev–Trinajstić information content (AvgIpc) is 2.85. The molecule has 0 spiro atoms. The van der Waals surface area contributed by atoms with Gasteiger partial charge in [0.05, 0.1) is 18.8 Å². The third-order valence-electron chi connectivity index (χ3n) is 4.93.